The number of aromatic nitrogens is 2. The van der Waals surface area contributed by atoms with E-state index in [4.69, 9.17) is 9.52 Å². The molecule has 2 aliphatic carbocycles. The van der Waals surface area contributed by atoms with Crippen LogP contribution in [-0.4, -0.2) is 46.0 Å². The van der Waals surface area contributed by atoms with E-state index < -0.39 is 0 Å². The van der Waals surface area contributed by atoms with E-state index in [0.717, 1.165) is 25.0 Å². The highest BCUT2D eigenvalue weighted by atomic mass is 16.3. The Kier molecular flexibility index (Phi) is 5.13. The average molecular weight is 384 g/mol. The molecule has 0 aliphatic heterocycles. The number of aryl methyl sites for hydroxylation is 2. The van der Waals surface area contributed by atoms with E-state index in [2.05, 4.69) is 20.6 Å². The lowest BCUT2D eigenvalue weighted by atomic mass is 9.78. The molecule has 1 amide bonds. The predicted octanol–water partition coefficient (Wildman–Crippen LogP) is 1.98. The molecule has 0 atom stereocenters. The zero-order valence-corrected chi connectivity index (χ0v) is 15.8. The zero-order valence-electron chi connectivity index (χ0n) is 15.8. The molecule has 2 aliphatic rings. The third kappa shape index (κ3) is 3.52. The van der Waals surface area contributed by atoms with Gasteiger partial charge in [-0.3, -0.25) is 9.59 Å². The van der Waals surface area contributed by atoms with Crippen molar-refractivity contribution in [3.05, 3.63) is 40.7 Å². The maximum absolute atomic E-state index is 12.8. The third-order valence-electron chi connectivity index (χ3n) is 5.47. The summed E-state index contributed by atoms with van der Waals surface area (Å²) >= 11 is 0. The minimum atomic E-state index is -0.228. The molecule has 148 valence electrons. The summed E-state index contributed by atoms with van der Waals surface area (Å²) in [5, 5.41) is 15.0. The Morgan fingerprint density at radius 1 is 1.32 bits per heavy atom. The Bertz CT molecular complexity index is 902. The van der Waals surface area contributed by atoms with Gasteiger partial charge < -0.3 is 20.2 Å². The summed E-state index contributed by atoms with van der Waals surface area (Å²) in [6, 6.07) is 1.93. The van der Waals surface area contributed by atoms with Gasteiger partial charge in [0.05, 0.1) is 17.7 Å². The Balaban J connectivity index is 1.39. The number of aliphatic hydroxyl groups is 1. The molecule has 1 fully saturated rings. The van der Waals surface area contributed by atoms with Crippen LogP contribution < -0.4 is 10.6 Å². The van der Waals surface area contributed by atoms with Crippen molar-refractivity contribution in [1.82, 2.24) is 15.3 Å². The van der Waals surface area contributed by atoms with Crippen LogP contribution in [0.15, 0.2) is 16.8 Å². The fourth-order valence-electron chi connectivity index (χ4n) is 3.99. The Morgan fingerprint density at radius 3 is 2.93 bits per heavy atom. The van der Waals surface area contributed by atoms with E-state index >= 15 is 0 Å². The largest absolute Gasteiger partial charge is 0.465 e. The van der Waals surface area contributed by atoms with Gasteiger partial charge in [0.15, 0.2) is 5.78 Å². The number of hydrogen-bond acceptors (Lipinski definition) is 7. The molecule has 1 saturated carbocycles. The monoisotopic (exact) mass is 384 g/mol. The number of nitrogens with one attached hydrogen (secondary N) is 2. The minimum Gasteiger partial charge on any atom is -0.465 e. The van der Waals surface area contributed by atoms with Crippen molar-refractivity contribution in [2.24, 2.45) is 0 Å². The molecule has 2 aromatic rings. The van der Waals surface area contributed by atoms with E-state index in [0.29, 0.717) is 47.9 Å². The van der Waals surface area contributed by atoms with Crippen LogP contribution >= 0.6 is 0 Å². The van der Waals surface area contributed by atoms with Crippen molar-refractivity contribution < 1.29 is 19.1 Å². The quantitative estimate of drug-likeness (QED) is 0.697. The molecule has 8 nitrogen and oxygen atoms in total. The molecule has 2 aromatic heterocycles. The van der Waals surface area contributed by atoms with Gasteiger partial charge in [0.25, 0.3) is 5.91 Å². The molecule has 0 saturated heterocycles. The van der Waals surface area contributed by atoms with E-state index in [1.807, 2.05) is 6.07 Å². The second-order valence-corrected chi connectivity index (χ2v) is 7.43. The minimum absolute atomic E-state index is 0.00127. The van der Waals surface area contributed by atoms with Gasteiger partial charge in [0.1, 0.15) is 23.7 Å². The van der Waals surface area contributed by atoms with Gasteiger partial charge in [0.2, 0.25) is 0 Å². The van der Waals surface area contributed by atoms with Crippen molar-refractivity contribution in [3.8, 4) is 0 Å². The van der Waals surface area contributed by atoms with Crippen molar-refractivity contribution in [2.75, 3.05) is 18.5 Å². The summed E-state index contributed by atoms with van der Waals surface area (Å²) in [6.45, 7) is 2.22. The highest BCUT2D eigenvalue weighted by Crippen LogP contribution is 2.37. The van der Waals surface area contributed by atoms with Gasteiger partial charge in [-0.2, -0.15) is 0 Å². The van der Waals surface area contributed by atoms with Gasteiger partial charge >= 0.3 is 0 Å². The average Bonchev–Trinajstić information content (AvgIpc) is 3.00. The zero-order chi connectivity index (χ0) is 19.7. The molecular weight excluding hydrogens is 360 g/mol. The third-order valence-corrected chi connectivity index (χ3v) is 5.47. The number of hydrogen-bond donors (Lipinski definition) is 3. The molecule has 2 heterocycles. The summed E-state index contributed by atoms with van der Waals surface area (Å²) in [6.07, 6.45) is 5.04. The molecule has 28 heavy (non-hydrogen) atoms. The number of Topliss-reactive ketones (excluding diaryl/α,β-unsaturated/α-hetero) is 1. The van der Waals surface area contributed by atoms with Gasteiger partial charge in [0, 0.05) is 43.1 Å². The number of carbonyl (C=O) groups is 2. The first-order chi connectivity index (χ1) is 13.6. The smallest absolute Gasteiger partial charge is 0.255 e. The van der Waals surface area contributed by atoms with Crippen molar-refractivity contribution in [2.45, 2.75) is 51.0 Å². The lowest BCUT2D eigenvalue weighted by Crippen LogP contribution is -2.44. The van der Waals surface area contributed by atoms with Crippen LogP contribution in [0, 0.1) is 6.92 Å². The highest BCUT2D eigenvalue weighted by Gasteiger charge is 2.35. The summed E-state index contributed by atoms with van der Waals surface area (Å²) < 4.78 is 5.67. The highest BCUT2D eigenvalue weighted by molar-refractivity contribution is 6.10. The maximum atomic E-state index is 12.8. The molecule has 0 radical (unpaired) electrons. The normalized spacial score (nSPS) is 21.0. The first kappa shape index (κ1) is 18.6. The fourth-order valence-corrected chi connectivity index (χ4v) is 3.99. The van der Waals surface area contributed by atoms with Gasteiger partial charge in [-0.1, -0.05) is 0 Å². The number of amides is 1. The number of nitrogens with zero attached hydrogens (tertiary/aromatic N) is 2. The molecular formula is C20H24N4O4. The number of furan rings is 1. The number of rotatable bonds is 6. The van der Waals surface area contributed by atoms with Crippen LogP contribution in [0.4, 0.5) is 5.82 Å². The van der Waals surface area contributed by atoms with Crippen LogP contribution in [0.1, 0.15) is 69.5 Å². The summed E-state index contributed by atoms with van der Waals surface area (Å²) in [4.78, 5) is 33.5. The lowest BCUT2D eigenvalue weighted by molar-refractivity contribution is 0.0892. The number of ketones is 1. The van der Waals surface area contributed by atoms with Crippen LogP contribution in [0.3, 0.4) is 0 Å². The van der Waals surface area contributed by atoms with Crippen molar-refractivity contribution in [3.63, 3.8) is 0 Å². The molecule has 8 heteroatoms. The second-order valence-electron chi connectivity index (χ2n) is 7.43. The van der Waals surface area contributed by atoms with Crippen molar-refractivity contribution in [1.29, 1.82) is 0 Å². The lowest BCUT2D eigenvalue weighted by Gasteiger charge is -2.35. The van der Waals surface area contributed by atoms with Crippen LogP contribution in [0.2, 0.25) is 0 Å². The first-order valence-corrected chi connectivity index (χ1v) is 9.69. The predicted molar refractivity (Wildman–Crippen MR) is 102 cm³/mol. The topological polar surface area (TPSA) is 117 Å². The van der Waals surface area contributed by atoms with E-state index in [-0.39, 0.29) is 30.3 Å². The maximum Gasteiger partial charge on any atom is 0.255 e. The summed E-state index contributed by atoms with van der Waals surface area (Å²) in [7, 11) is 0. The van der Waals surface area contributed by atoms with Gasteiger partial charge in [-0.05, 0) is 26.2 Å². The van der Waals surface area contributed by atoms with Crippen LogP contribution in [0.5, 0.6) is 0 Å². The first-order valence-electron chi connectivity index (χ1n) is 9.69. The van der Waals surface area contributed by atoms with Gasteiger partial charge in [-0.15, -0.1) is 0 Å². The van der Waals surface area contributed by atoms with Crippen LogP contribution in [-0.2, 0) is 6.42 Å². The molecule has 4 rings (SSSR count). The van der Waals surface area contributed by atoms with Crippen LogP contribution in [0.25, 0.3) is 0 Å². The van der Waals surface area contributed by atoms with E-state index in [1.54, 1.807) is 6.92 Å². The van der Waals surface area contributed by atoms with E-state index in [1.165, 1.54) is 6.33 Å². The molecule has 0 bridgehead atoms. The van der Waals surface area contributed by atoms with Gasteiger partial charge in [-0.25, -0.2) is 9.97 Å². The second kappa shape index (κ2) is 7.71. The number of aliphatic hydroxyl groups excluding tert-OH is 1. The fraction of sp³-hybridized carbons (Fsp3) is 0.500. The number of carbonyl (C=O) groups excluding carboxylic acids is 2. The summed E-state index contributed by atoms with van der Waals surface area (Å²) in [5.41, 5.74) is 1.81. The standard InChI is InChI=1S/C20H24N4O4/c1-11-18(19-15(26)3-2-4-16(19)28-11)20(27)24-13-7-12(8-13)14-9-17(21-5-6-25)23-10-22-14/h9-10,12-13,25H,2-8H2,1H3,(H,24,27)(H,21,22,23). The summed E-state index contributed by atoms with van der Waals surface area (Å²) in [5.74, 6) is 1.88. The Labute approximate surface area is 162 Å². The van der Waals surface area contributed by atoms with E-state index in [9.17, 15) is 9.59 Å². The molecule has 0 aromatic carbocycles. The SMILES string of the molecule is Cc1oc2c(c1C(=O)NC1CC(c3cc(NCCO)ncn3)C1)C(=O)CCC2. The Hall–Kier alpha value is -2.74. The Morgan fingerprint density at radius 2 is 2.14 bits per heavy atom. The number of fused-ring (bicyclic) bond motifs is 1. The van der Waals surface area contributed by atoms with Crippen molar-refractivity contribution >= 4 is 17.5 Å². The molecule has 3 N–H and O–H groups in total. The number of anilines is 1. The molecule has 0 unspecified atom stereocenters. The molecule has 0 spiro atoms.